The zero-order valence-corrected chi connectivity index (χ0v) is 8.08. The number of nitrogens with zero attached hydrogens (tertiary/aromatic N) is 2. The highest BCUT2D eigenvalue weighted by atomic mass is 32.1. The van der Waals surface area contributed by atoms with Crippen LogP contribution in [0.25, 0.3) is 4.96 Å². The lowest BCUT2D eigenvalue weighted by Crippen LogP contribution is -2.16. The monoisotopic (exact) mass is 210 g/mol. The van der Waals surface area contributed by atoms with Gasteiger partial charge in [0.15, 0.2) is 10.7 Å². The zero-order chi connectivity index (χ0) is 10.1. The maximum Gasteiger partial charge on any atom is 0.356 e. The summed E-state index contributed by atoms with van der Waals surface area (Å²) in [7, 11) is 1.25. The molecular weight excluding hydrogens is 204 g/mol. The number of thiazole rings is 1. The Morgan fingerprint density at radius 1 is 1.64 bits per heavy atom. The first-order valence-corrected chi connectivity index (χ1v) is 4.65. The van der Waals surface area contributed by atoms with Crippen LogP contribution in [0.3, 0.4) is 0 Å². The lowest BCUT2D eigenvalue weighted by molar-refractivity contribution is 0.0594. The van der Waals surface area contributed by atoms with Crippen molar-refractivity contribution < 1.29 is 9.53 Å². The maximum atomic E-state index is 11.4. The Hall–Kier alpha value is -1.69. The highest BCUT2D eigenvalue weighted by molar-refractivity contribution is 7.15. The van der Waals surface area contributed by atoms with E-state index < -0.39 is 5.97 Å². The minimum absolute atomic E-state index is 0.0416. The van der Waals surface area contributed by atoms with Crippen molar-refractivity contribution in [1.82, 2.24) is 9.38 Å². The Morgan fingerprint density at radius 2 is 2.43 bits per heavy atom. The molecule has 0 fully saturated rings. The standard InChI is InChI=1S/C8H6N2O3S/c1-13-7(12)5-4-6(11)10-2-3-14-8(10)9-5/h2-4H,1H3. The minimum Gasteiger partial charge on any atom is -0.464 e. The highest BCUT2D eigenvalue weighted by Gasteiger charge is 2.10. The lowest BCUT2D eigenvalue weighted by atomic mass is 10.4. The fraction of sp³-hybridized carbons (Fsp3) is 0.125. The molecule has 5 nitrogen and oxygen atoms in total. The third-order valence-electron chi connectivity index (χ3n) is 1.70. The quantitative estimate of drug-likeness (QED) is 0.644. The third-order valence-corrected chi connectivity index (χ3v) is 2.45. The molecule has 6 heteroatoms. The molecule has 0 bridgehead atoms. The molecule has 2 aromatic heterocycles. The third kappa shape index (κ3) is 1.29. The first-order chi connectivity index (χ1) is 6.72. The van der Waals surface area contributed by atoms with Gasteiger partial charge < -0.3 is 4.74 Å². The van der Waals surface area contributed by atoms with Crippen molar-refractivity contribution >= 4 is 22.3 Å². The van der Waals surface area contributed by atoms with Crippen LogP contribution < -0.4 is 5.56 Å². The van der Waals surface area contributed by atoms with Gasteiger partial charge >= 0.3 is 5.97 Å². The number of esters is 1. The van der Waals surface area contributed by atoms with Gasteiger partial charge in [0.05, 0.1) is 7.11 Å². The molecule has 0 N–H and O–H groups in total. The summed E-state index contributed by atoms with van der Waals surface area (Å²) in [6.45, 7) is 0. The molecule has 0 amide bonds. The predicted molar refractivity (Wildman–Crippen MR) is 50.7 cm³/mol. The smallest absolute Gasteiger partial charge is 0.356 e. The normalized spacial score (nSPS) is 10.4. The zero-order valence-electron chi connectivity index (χ0n) is 7.26. The molecule has 0 radical (unpaired) electrons. The fourth-order valence-corrected chi connectivity index (χ4v) is 1.77. The number of ether oxygens (including phenoxy) is 1. The number of carbonyl (C=O) groups excluding carboxylic acids is 1. The molecule has 0 aliphatic rings. The van der Waals surface area contributed by atoms with E-state index in [1.54, 1.807) is 11.6 Å². The van der Waals surface area contributed by atoms with Crippen molar-refractivity contribution in [3.05, 3.63) is 33.7 Å². The minimum atomic E-state index is -0.599. The Bertz CT molecular complexity index is 543. The van der Waals surface area contributed by atoms with Crippen LogP contribution in [-0.2, 0) is 4.74 Å². The predicted octanol–water partition coefficient (Wildman–Crippen LogP) is 0.543. The van der Waals surface area contributed by atoms with Gasteiger partial charge in [-0.15, -0.1) is 11.3 Å². The molecular formula is C8H6N2O3S. The van der Waals surface area contributed by atoms with Gasteiger partial charge in [-0.25, -0.2) is 9.78 Å². The number of methoxy groups -OCH3 is 1. The van der Waals surface area contributed by atoms with E-state index in [-0.39, 0.29) is 11.3 Å². The Kier molecular flexibility index (Phi) is 2.05. The first-order valence-electron chi connectivity index (χ1n) is 3.77. The van der Waals surface area contributed by atoms with Crippen LogP contribution in [-0.4, -0.2) is 22.5 Å². The number of carbonyl (C=O) groups is 1. The van der Waals surface area contributed by atoms with E-state index in [0.717, 1.165) is 6.07 Å². The fourth-order valence-electron chi connectivity index (χ4n) is 1.05. The van der Waals surface area contributed by atoms with E-state index in [9.17, 15) is 9.59 Å². The SMILES string of the molecule is COC(=O)c1cc(=O)n2ccsc2n1. The van der Waals surface area contributed by atoms with Crippen LogP contribution in [0.1, 0.15) is 10.5 Å². The van der Waals surface area contributed by atoms with Crippen molar-refractivity contribution in [3.8, 4) is 0 Å². The molecule has 0 aliphatic heterocycles. The second kappa shape index (κ2) is 3.22. The highest BCUT2D eigenvalue weighted by Crippen LogP contribution is 2.06. The number of fused-ring (bicyclic) bond motifs is 1. The summed E-state index contributed by atoms with van der Waals surface area (Å²) in [5, 5.41) is 1.73. The van der Waals surface area contributed by atoms with Crippen molar-refractivity contribution in [2.75, 3.05) is 7.11 Å². The van der Waals surface area contributed by atoms with Crippen LogP contribution in [0.4, 0.5) is 0 Å². The first kappa shape index (κ1) is 8.89. The summed E-state index contributed by atoms with van der Waals surface area (Å²) < 4.78 is 5.84. The second-order valence-electron chi connectivity index (χ2n) is 2.53. The summed E-state index contributed by atoms with van der Waals surface area (Å²) in [6, 6.07) is 1.16. The van der Waals surface area contributed by atoms with Crippen LogP contribution >= 0.6 is 11.3 Å². The molecule has 0 atom stereocenters. The molecule has 14 heavy (non-hydrogen) atoms. The van der Waals surface area contributed by atoms with E-state index in [1.165, 1.54) is 22.8 Å². The van der Waals surface area contributed by atoms with Crippen molar-refractivity contribution in [1.29, 1.82) is 0 Å². The van der Waals surface area contributed by atoms with Gasteiger partial charge in [0.1, 0.15) is 0 Å². The molecule has 0 saturated carbocycles. The van der Waals surface area contributed by atoms with Crippen LogP contribution in [0.15, 0.2) is 22.4 Å². The number of aromatic nitrogens is 2. The summed E-state index contributed by atoms with van der Waals surface area (Å²) in [5.74, 6) is -0.599. The molecule has 2 aromatic rings. The molecule has 0 unspecified atom stereocenters. The summed E-state index contributed by atoms with van der Waals surface area (Å²) in [6.07, 6.45) is 1.61. The molecule has 2 rings (SSSR count). The summed E-state index contributed by atoms with van der Waals surface area (Å²) in [4.78, 5) is 27.0. The van der Waals surface area contributed by atoms with E-state index >= 15 is 0 Å². The van der Waals surface area contributed by atoms with E-state index in [0.29, 0.717) is 4.96 Å². The average molecular weight is 210 g/mol. The second-order valence-corrected chi connectivity index (χ2v) is 3.40. The van der Waals surface area contributed by atoms with E-state index in [1.807, 2.05) is 0 Å². The van der Waals surface area contributed by atoms with Crippen molar-refractivity contribution in [3.63, 3.8) is 0 Å². The van der Waals surface area contributed by atoms with Gasteiger partial charge in [-0.2, -0.15) is 0 Å². The Morgan fingerprint density at radius 3 is 3.14 bits per heavy atom. The largest absolute Gasteiger partial charge is 0.464 e. The Labute approximate surface area is 82.6 Å². The van der Waals surface area contributed by atoms with E-state index in [2.05, 4.69) is 9.72 Å². The molecule has 0 saturated heterocycles. The summed E-state index contributed by atoms with van der Waals surface area (Å²) in [5.41, 5.74) is -0.239. The van der Waals surface area contributed by atoms with Crippen LogP contribution in [0.5, 0.6) is 0 Å². The maximum absolute atomic E-state index is 11.4. The molecule has 72 valence electrons. The number of hydrogen-bond donors (Lipinski definition) is 0. The van der Waals surface area contributed by atoms with Gasteiger partial charge in [-0.3, -0.25) is 9.20 Å². The molecule has 0 aliphatic carbocycles. The van der Waals surface area contributed by atoms with Crippen LogP contribution in [0, 0.1) is 0 Å². The van der Waals surface area contributed by atoms with Gasteiger partial charge in [0.25, 0.3) is 5.56 Å². The van der Waals surface area contributed by atoms with Gasteiger partial charge in [-0.05, 0) is 0 Å². The average Bonchev–Trinajstić information content (AvgIpc) is 2.64. The van der Waals surface area contributed by atoms with Crippen molar-refractivity contribution in [2.45, 2.75) is 0 Å². The van der Waals surface area contributed by atoms with Crippen LogP contribution in [0.2, 0.25) is 0 Å². The van der Waals surface area contributed by atoms with Gasteiger partial charge in [0, 0.05) is 17.6 Å². The number of hydrogen-bond acceptors (Lipinski definition) is 5. The topological polar surface area (TPSA) is 60.7 Å². The lowest BCUT2D eigenvalue weighted by Gasteiger charge is -1.97. The van der Waals surface area contributed by atoms with E-state index in [4.69, 9.17) is 0 Å². The van der Waals surface area contributed by atoms with Crippen molar-refractivity contribution in [2.24, 2.45) is 0 Å². The molecule has 0 spiro atoms. The molecule has 2 heterocycles. The Balaban J connectivity index is 2.70. The van der Waals surface area contributed by atoms with Gasteiger partial charge in [-0.1, -0.05) is 0 Å². The number of rotatable bonds is 1. The molecule has 0 aromatic carbocycles. The van der Waals surface area contributed by atoms with Gasteiger partial charge in [0.2, 0.25) is 0 Å². The summed E-state index contributed by atoms with van der Waals surface area (Å²) >= 11 is 1.29.